The number of nitrogens with one attached hydrogen (secondary N) is 1. The fourth-order valence-electron chi connectivity index (χ4n) is 2.75. The van der Waals surface area contributed by atoms with Crippen molar-refractivity contribution in [2.75, 3.05) is 0 Å². The Balaban J connectivity index is 2.39. The summed E-state index contributed by atoms with van der Waals surface area (Å²) >= 11 is 7.35. The van der Waals surface area contributed by atoms with E-state index >= 15 is 0 Å². The van der Waals surface area contributed by atoms with Crippen molar-refractivity contribution < 1.29 is 8.42 Å². The van der Waals surface area contributed by atoms with E-state index in [0.29, 0.717) is 11.4 Å². The molecule has 0 aliphatic heterocycles. The van der Waals surface area contributed by atoms with Crippen molar-refractivity contribution >= 4 is 37.9 Å². The number of hydrogen-bond donors (Lipinski definition) is 1. The van der Waals surface area contributed by atoms with E-state index < -0.39 is 15.6 Å². The number of rotatable bonds is 4. The largest absolute Gasteiger partial charge is 0.279 e. The normalized spacial score (nSPS) is 14.0. The van der Waals surface area contributed by atoms with Crippen LogP contribution in [0, 0.1) is 5.41 Å². The van der Waals surface area contributed by atoms with Crippen molar-refractivity contribution in [1.29, 1.82) is 0 Å². The Kier molecular flexibility index (Phi) is 4.16. The third kappa shape index (κ3) is 3.77. The van der Waals surface area contributed by atoms with Crippen LogP contribution in [0.25, 0.3) is 4.96 Å². The molecule has 0 unspecified atom stereocenters. The van der Waals surface area contributed by atoms with E-state index in [0.717, 1.165) is 0 Å². The first kappa shape index (κ1) is 16.7. The van der Waals surface area contributed by atoms with Crippen molar-refractivity contribution in [2.24, 2.45) is 5.41 Å². The molecule has 1 N–H and O–H groups in total. The molecule has 0 spiro atoms. The van der Waals surface area contributed by atoms with Gasteiger partial charge < -0.3 is 0 Å². The maximum atomic E-state index is 12.7. The summed E-state index contributed by atoms with van der Waals surface area (Å²) in [5.41, 5.74) is -0.578. The van der Waals surface area contributed by atoms with E-state index in [-0.39, 0.29) is 15.6 Å². The fraction of sp³-hybridized carbons (Fsp3) is 0.615. The Morgan fingerprint density at radius 3 is 2.52 bits per heavy atom. The van der Waals surface area contributed by atoms with Crippen molar-refractivity contribution in [2.45, 2.75) is 51.6 Å². The van der Waals surface area contributed by atoms with Crippen LogP contribution in [-0.2, 0) is 10.0 Å². The van der Waals surface area contributed by atoms with Gasteiger partial charge in [-0.05, 0) is 25.7 Å². The van der Waals surface area contributed by atoms with Crippen molar-refractivity contribution in [3.63, 3.8) is 0 Å². The molecule has 0 saturated heterocycles. The van der Waals surface area contributed by atoms with Gasteiger partial charge in [0, 0.05) is 17.1 Å². The minimum atomic E-state index is -3.75. The van der Waals surface area contributed by atoms with Crippen LogP contribution in [0.5, 0.6) is 0 Å². The third-order valence-electron chi connectivity index (χ3n) is 2.82. The molecular weight excluding hydrogens is 330 g/mol. The average Bonchev–Trinajstić information content (AvgIpc) is 2.68. The molecule has 2 aromatic heterocycles. The molecule has 2 heterocycles. The smallest absolute Gasteiger partial charge is 0.260 e. The highest BCUT2D eigenvalue weighted by molar-refractivity contribution is 7.89. The third-order valence-corrected chi connectivity index (χ3v) is 5.67. The molecule has 8 heteroatoms. The van der Waals surface area contributed by atoms with Crippen LogP contribution in [0.1, 0.15) is 41.0 Å². The lowest BCUT2D eigenvalue weighted by atomic mass is 9.82. The molecular formula is C13H20ClN3O2S2. The standard InChI is InChI=1S/C13H20ClN3O2S2/c1-12(2,3)8-13(4,5)16-21(18,19)10-9(14)15-11-17(10)6-7-20-11/h6-7,16H,8H2,1-5H3. The molecule has 0 bridgehead atoms. The Morgan fingerprint density at radius 2 is 1.95 bits per heavy atom. The monoisotopic (exact) mass is 349 g/mol. The molecule has 0 aliphatic carbocycles. The second-order valence-electron chi connectivity index (χ2n) is 6.99. The summed E-state index contributed by atoms with van der Waals surface area (Å²) in [5.74, 6) is 0. The van der Waals surface area contributed by atoms with E-state index in [1.165, 1.54) is 15.7 Å². The Morgan fingerprint density at radius 1 is 1.33 bits per heavy atom. The fourth-order valence-corrected chi connectivity index (χ4v) is 5.62. The SMILES string of the molecule is CC(C)(C)CC(C)(C)NS(=O)(=O)c1c(Cl)nc2sccn12. The number of halogens is 1. The van der Waals surface area contributed by atoms with E-state index in [9.17, 15) is 8.42 Å². The minimum absolute atomic E-state index is 0.000841. The molecule has 0 radical (unpaired) electrons. The van der Waals surface area contributed by atoms with Gasteiger partial charge in [-0.3, -0.25) is 4.40 Å². The van der Waals surface area contributed by atoms with E-state index in [1.807, 2.05) is 13.8 Å². The Bertz CT molecular complexity index is 754. The number of hydrogen-bond acceptors (Lipinski definition) is 4. The molecule has 0 aromatic carbocycles. The van der Waals surface area contributed by atoms with Crippen LogP contribution in [0.15, 0.2) is 16.6 Å². The van der Waals surface area contributed by atoms with Crippen molar-refractivity contribution in [3.05, 3.63) is 16.7 Å². The predicted octanol–water partition coefficient (Wildman–Crippen LogP) is 3.54. The van der Waals surface area contributed by atoms with Gasteiger partial charge in [-0.15, -0.1) is 11.3 Å². The van der Waals surface area contributed by atoms with Gasteiger partial charge in [-0.2, -0.15) is 0 Å². The number of fused-ring (bicyclic) bond motifs is 1. The molecule has 0 atom stereocenters. The van der Waals surface area contributed by atoms with Gasteiger partial charge >= 0.3 is 0 Å². The molecule has 0 amide bonds. The lowest BCUT2D eigenvalue weighted by molar-refractivity contribution is 0.269. The van der Waals surface area contributed by atoms with Gasteiger partial charge in [-0.25, -0.2) is 18.1 Å². The summed E-state index contributed by atoms with van der Waals surface area (Å²) < 4.78 is 29.6. The zero-order valence-corrected chi connectivity index (χ0v) is 15.2. The van der Waals surface area contributed by atoms with Crippen LogP contribution in [0.3, 0.4) is 0 Å². The molecule has 5 nitrogen and oxygen atoms in total. The minimum Gasteiger partial charge on any atom is -0.279 e. The van der Waals surface area contributed by atoms with Gasteiger partial charge in [0.2, 0.25) is 0 Å². The number of nitrogens with zero attached hydrogens (tertiary/aromatic N) is 2. The predicted molar refractivity (Wildman–Crippen MR) is 86.6 cm³/mol. The number of sulfonamides is 1. The first-order valence-corrected chi connectivity index (χ1v) is 9.30. The van der Waals surface area contributed by atoms with Gasteiger partial charge in [0.25, 0.3) is 10.0 Å². The highest BCUT2D eigenvalue weighted by Crippen LogP contribution is 2.30. The van der Waals surface area contributed by atoms with Gasteiger partial charge in [0.1, 0.15) is 0 Å². The van der Waals surface area contributed by atoms with Crippen LogP contribution in [0.4, 0.5) is 0 Å². The molecule has 0 aliphatic rings. The topological polar surface area (TPSA) is 63.5 Å². The Labute approximate surface area is 134 Å². The summed E-state index contributed by atoms with van der Waals surface area (Å²) in [5, 5.41) is 1.78. The van der Waals surface area contributed by atoms with Crippen LogP contribution in [0.2, 0.25) is 5.15 Å². The van der Waals surface area contributed by atoms with E-state index in [2.05, 4.69) is 30.5 Å². The molecule has 2 rings (SSSR count). The summed E-state index contributed by atoms with van der Waals surface area (Å²) in [6.45, 7) is 9.97. The lowest BCUT2D eigenvalue weighted by Crippen LogP contribution is -2.46. The molecule has 2 aromatic rings. The molecule has 0 saturated carbocycles. The van der Waals surface area contributed by atoms with Crippen molar-refractivity contribution in [1.82, 2.24) is 14.1 Å². The lowest BCUT2D eigenvalue weighted by Gasteiger charge is -2.32. The molecule has 21 heavy (non-hydrogen) atoms. The first-order valence-electron chi connectivity index (χ1n) is 6.56. The van der Waals surface area contributed by atoms with E-state index in [4.69, 9.17) is 11.6 Å². The molecule has 0 fully saturated rings. The first-order chi connectivity index (χ1) is 9.41. The number of aromatic nitrogens is 2. The van der Waals surface area contributed by atoms with Crippen LogP contribution >= 0.6 is 22.9 Å². The zero-order valence-electron chi connectivity index (χ0n) is 12.8. The van der Waals surface area contributed by atoms with Crippen LogP contribution in [-0.4, -0.2) is 23.3 Å². The highest BCUT2D eigenvalue weighted by atomic mass is 35.5. The summed E-state index contributed by atoms with van der Waals surface area (Å²) in [6, 6.07) is 0. The average molecular weight is 350 g/mol. The van der Waals surface area contributed by atoms with Crippen LogP contribution < -0.4 is 4.72 Å². The quantitative estimate of drug-likeness (QED) is 0.918. The number of thiazole rings is 1. The Hall–Kier alpha value is -0.630. The summed E-state index contributed by atoms with van der Waals surface area (Å²) in [6.07, 6.45) is 2.35. The zero-order chi connectivity index (χ0) is 16.1. The second kappa shape index (κ2) is 5.22. The van der Waals surface area contributed by atoms with Gasteiger partial charge in [0.15, 0.2) is 15.1 Å². The summed E-state index contributed by atoms with van der Waals surface area (Å²) in [7, 11) is -3.75. The maximum Gasteiger partial charge on any atom is 0.260 e. The van der Waals surface area contributed by atoms with Gasteiger partial charge in [0.05, 0.1) is 0 Å². The summed E-state index contributed by atoms with van der Waals surface area (Å²) in [4.78, 5) is 4.64. The number of imidazole rings is 1. The maximum absolute atomic E-state index is 12.7. The van der Waals surface area contributed by atoms with Crippen molar-refractivity contribution in [3.8, 4) is 0 Å². The van der Waals surface area contributed by atoms with E-state index in [1.54, 1.807) is 11.6 Å². The highest BCUT2D eigenvalue weighted by Gasteiger charge is 2.33. The molecule has 118 valence electrons. The van der Waals surface area contributed by atoms with Gasteiger partial charge in [-0.1, -0.05) is 32.4 Å². The second-order valence-corrected chi connectivity index (χ2v) is 9.82.